The minimum Gasteiger partial charge on any atom is -0.494 e. The average molecular weight is 563 g/mol. The zero-order valence-electron chi connectivity index (χ0n) is 22.7. The molecule has 0 radical (unpaired) electrons. The molecule has 5 rings (SSSR count). The molecule has 1 aliphatic rings. The summed E-state index contributed by atoms with van der Waals surface area (Å²) in [6, 6.07) is 14.6. The van der Waals surface area contributed by atoms with Crippen molar-refractivity contribution in [2.45, 2.75) is 38.9 Å². The van der Waals surface area contributed by atoms with Gasteiger partial charge in [-0.15, -0.1) is 9.24 Å². The fourth-order valence-electron chi connectivity index (χ4n) is 4.80. The zero-order valence-corrected chi connectivity index (χ0v) is 23.9. The number of benzene rings is 2. The fourth-order valence-corrected chi connectivity index (χ4v) is 5.08. The second-order valence-corrected chi connectivity index (χ2v) is 11.1. The van der Waals surface area contributed by atoms with Crippen molar-refractivity contribution < 1.29 is 18.7 Å². The molecule has 40 heavy (non-hydrogen) atoms. The molecule has 10 heteroatoms. The van der Waals surface area contributed by atoms with Gasteiger partial charge in [-0.25, -0.2) is 4.39 Å². The van der Waals surface area contributed by atoms with Crippen LogP contribution in [0.2, 0.25) is 0 Å². The molecule has 4 aromatic rings. The van der Waals surface area contributed by atoms with E-state index >= 15 is 0 Å². The third kappa shape index (κ3) is 5.71. The number of amides is 1. The molecule has 1 aliphatic heterocycles. The van der Waals surface area contributed by atoms with Crippen LogP contribution in [-0.4, -0.2) is 40.6 Å². The van der Waals surface area contributed by atoms with Gasteiger partial charge in [0, 0.05) is 30.6 Å². The minimum atomic E-state index is -0.479. The maximum Gasteiger partial charge on any atom is 0.255 e. The van der Waals surface area contributed by atoms with Gasteiger partial charge in [-0.3, -0.25) is 14.3 Å². The van der Waals surface area contributed by atoms with E-state index in [0.717, 1.165) is 22.0 Å². The van der Waals surface area contributed by atoms with E-state index in [1.165, 1.54) is 7.11 Å². The van der Waals surface area contributed by atoms with Gasteiger partial charge in [-0.05, 0) is 48.0 Å². The molecule has 2 aromatic heterocycles. The van der Waals surface area contributed by atoms with Gasteiger partial charge in [0.2, 0.25) is 0 Å². The van der Waals surface area contributed by atoms with Crippen molar-refractivity contribution in [3.8, 4) is 5.75 Å². The molecule has 1 fully saturated rings. The first-order chi connectivity index (χ1) is 19.2. The zero-order chi connectivity index (χ0) is 28.4. The summed E-state index contributed by atoms with van der Waals surface area (Å²) in [5, 5.41) is 8.59. The van der Waals surface area contributed by atoms with Crippen LogP contribution in [0.15, 0.2) is 65.7 Å². The number of nitrogens with one attached hydrogen (secondary N) is 1. The molecule has 2 aromatic carbocycles. The van der Waals surface area contributed by atoms with E-state index in [1.807, 2.05) is 37.4 Å². The van der Waals surface area contributed by atoms with Crippen molar-refractivity contribution in [1.29, 1.82) is 0 Å². The van der Waals surface area contributed by atoms with Crippen molar-refractivity contribution in [3.05, 3.63) is 111 Å². The highest BCUT2D eigenvalue weighted by Gasteiger charge is 2.41. The lowest BCUT2D eigenvalue weighted by atomic mass is 9.83. The predicted octanol–water partition coefficient (Wildman–Crippen LogP) is 3.32. The van der Waals surface area contributed by atoms with E-state index in [-0.39, 0.29) is 29.2 Å². The highest BCUT2D eigenvalue weighted by molar-refractivity contribution is 7.27. The lowest BCUT2D eigenvalue weighted by molar-refractivity contribution is -0.0525. The monoisotopic (exact) mass is 562 g/mol. The molecule has 1 N–H and O–H groups in total. The maximum atomic E-state index is 14.8. The minimum absolute atomic E-state index is 0.0235. The number of aryl methyl sites for hydroxylation is 1. The molecule has 0 bridgehead atoms. The number of nitrogens with zero attached hydrogens (tertiary/aromatic N) is 3. The Hall–Kier alpha value is -3.81. The van der Waals surface area contributed by atoms with Gasteiger partial charge < -0.3 is 19.4 Å². The highest BCUT2D eigenvalue weighted by atomic mass is 31.0. The Labute approximate surface area is 234 Å². The summed E-state index contributed by atoms with van der Waals surface area (Å²) in [5.41, 5.74) is 3.78. The molecule has 0 aliphatic carbocycles. The van der Waals surface area contributed by atoms with Crippen molar-refractivity contribution in [2.75, 3.05) is 20.3 Å². The van der Waals surface area contributed by atoms with Crippen LogP contribution in [0, 0.1) is 12.7 Å². The topological polar surface area (TPSA) is 87.4 Å². The molecule has 208 valence electrons. The standard InChI is InChI=1S/C30H32FN4O4P/c1-19-4-10-25(38-3)27(31)23(19)12-32-29(37)24-16-35(33-28(24)30(2)17-39-18-30)14-21-7-5-20(6-8-21)13-34-15-22(40)9-11-26(34)36/h4-11,15-16H,12-14,17-18,40H2,1-3H3,(H,32,37). The van der Waals surface area contributed by atoms with E-state index in [2.05, 4.69) is 14.6 Å². The van der Waals surface area contributed by atoms with Crippen molar-refractivity contribution >= 4 is 20.5 Å². The smallest absolute Gasteiger partial charge is 0.255 e. The molecule has 1 saturated heterocycles. The lowest BCUT2D eigenvalue weighted by Crippen LogP contribution is -2.45. The number of rotatable bonds is 9. The summed E-state index contributed by atoms with van der Waals surface area (Å²) in [5.74, 6) is -0.667. The summed E-state index contributed by atoms with van der Waals surface area (Å²) in [6.07, 6.45) is 3.55. The normalized spacial score (nSPS) is 14.0. The number of carbonyl (C=O) groups is 1. The molecule has 0 spiro atoms. The molecule has 0 saturated carbocycles. The number of hydrogen-bond donors (Lipinski definition) is 1. The largest absolute Gasteiger partial charge is 0.494 e. The Bertz CT molecular complexity index is 1610. The van der Waals surface area contributed by atoms with E-state index in [9.17, 15) is 14.0 Å². The second-order valence-electron chi connectivity index (χ2n) is 10.4. The number of ether oxygens (including phenoxy) is 2. The SMILES string of the molecule is COc1ccc(C)c(CNC(=O)c2cn(Cc3ccc(Cn4cc(P)ccc4=O)cc3)nc2C2(C)COC2)c1F. The number of aromatic nitrogens is 3. The Morgan fingerprint density at radius 2 is 1.80 bits per heavy atom. The molecular weight excluding hydrogens is 530 g/mol. The summed E-state index contributed by atoms with van der Waals surface area (Å²) in [4.78, 5) is 25.5. The van der Waals surface area contributed by atoms with Crippen LogP contribution in [0.1, 0.15) is 45.2 Å². The summed E-state index contributed by atoms with van der Waals surface area (Å²) in [6.45, 7) is 5.72. The van der Waals surface area contributed by atoms with Crippen molar-refractivity contribution in [2.24, 2.45) is 0 Å². The third-order valence-electron chi connectivity index (χ3n) is 7.23. The van der Waals surface area contributed by atoms with E-state index < -0.39 is 5.82 Å². The van der Waals surface area contributed by atoms with Crippen LogP contribution >= 0.6 is 9.24 Å². The fraction of sp³-hybridized carbons (Fsp3) is 0.300. The van der Waals surface area contributed by atoms with Crippen LogP contribution in [0.25, 0.3) is 0 Å². The molecule has 3 heterocycles. The van der Waals surface area contributed by atoms with Gasteiger partial charge in [0.1, 0.15) is 0 Å². The van der Waals surface area contributed by atoms with Gasteiger partial charge >= 0.3 is 0 Å². The highest BCUT2D eigenvalue weighted by Crippen LogP contribution is 2.33. The third-order valence-corrected chi connectivity index (χ3v) is 7.58. The van der Waals surface area contributed by atoms with Crippen LogP contribution < -0.4 is 20.9 Å². The average Bonchev–Trinajstić information content (AvgIpc) is 3.34. The van der Waals surface area contributed by atoms with Gasteiger partial charge in [0.25, 0.3) is 11.5 Å². The van der Waals surface area contributed by atoms with Crippen LogP contribution in [0.3, 0.4) is 0 Å². The first kappa shape index (κ1) is 27.7. The Balaban J connectivity index is 1.33. The van der Waals surface area contributed by atoms with E-state index in [4.69, 9.17) is 14.6 Å². The van der Waals surface area contributed by atoms with E-state index in [1.54, 1.807) is 46.6 Å². The van der Waals surface area contributed by atoms with Crippen LogP contribution in [0.4, 0.5) is 4.39 Å². The van der Waals surface area contributed by atoms with Crippen LogP contribution in [-0.2, 0) is 29.8 Å². The summed E-state index contributed by atoms with van der Waals surface area (Å²) < 4.78 is 28.8. The van der Waals surface area contributed by atoms with Gasteiger partial charge in [0.05, 0.1) is 50.1 Å². The molecule has 1 amide bonds. The number of hydrogen-bond acceptors (Lipinski definition) is 5. The number of pyridine rings is 1. The molecule has 1 atom stereocenters. The van der Waals surface area contributed by atoms with Crippen molar-refractivity contribution in [3.63, 3.8) is 0 Å². The van der Waals surface area contributed by atoms with Gasteiger partial charge in [0.15, 0.2) is 11.6 Å². The Morgan fingerprint density at radius 3 is 2.45 bits per heavy atom. The predicted molar refractivity (Wildman–Crippen MR) is 154 cm³/mol. The molecular formula is C30H32FN4O4P. The Morgan fingerprint density at radius 1 is 1.10 bits per heavy atom. The molecule has 1 unspecified atom stereocenters. The van der Waals surface area contributed by atoms with Crippen molar-refractivity contribution in [1.82, 2.24) is 19.7 Å². The first-order valence-corrected chi connectivity index (χ1v) is 13.5. The summed E-state index contributed by atoms with van der Waals surface area (Å²) >= 11 is 0. The number of carbonyl (C=O) groups excluding carboxylic acids is 1. The van der Waals surface area contributed by atoms with Gasteiger partial charge in [-0.2, -0.15) is 5.10 Å². The molecule has 8 nitrogen and oxygen atoms in total. The number of methoxy groups -OCH3 is 1. The van der Waals surface area contributed by atoms with Crippen LogP contribution in [0.5, 0.6) is 5.75 Å². The second kappa shape index (κ2) is 11.4. The first-order valence-electron chi connectivity index (χ1n) is 13.0. The van der Waals surface area contributed by atoms with E-state index in [0.29, 0.717) is 43.1 Å². The summed E-state index contributed by atoms with van der Waals surface area (Å²) in [7, 11) is 4.01. The number of halogens is 1. The maximum absolute atomic E-state index is 14.8. The van der Waals surface area contributed by atoms with Gasteiger partial charge in [-0.1, -0.05) is 30.3 Å². The lowest BCUT2D eigenvalue weighted by Gasteiger charge is -2.37. The quantitative estimate of drug-likeness (QED) is 0.317. The Kier molecular flexibility index (Phi) is 7.88.